The average molecular weight is 327 g/mol. The molecule has 118 valence electrons. The topological polar surface area (TPSA) is 55.7 Å². The van der Waals surface area contributed by atoms with Gasteiger partial charge < -0.3 is 9.47 Å². The van der Waals surface area contributed by atoms with Gasteiger partial charge >= 0.3 is 0 Å². The largest absolute Gasteiger partial charge is 0.496 e. The molecule has 3 rings (SSSR count). The van der Waals surface area contributed by atoms with Crippen molar-refractivity contribution in [2.75, 3.05) is 19.6 Å². The number of hydrogen-bond acceptors (Lipinski definition) is 6. The van der Waals surface area contributed by atoms with E-state index in [2.05, 4.69) is 15.5 Å². The SMILES string of the molecule is COc1cc2c(OC)cccc2cc1C=NNc1nc(C)cs1. The Morgan fingerprint density at radius 1 is 1.17 bits per heavy atom. The molecule has 0 unspecified atom stereocenters. The van der Waals surface area contributed by atoms with Crippen molar-refractivity contribution >= 4 is 33.5 Å². The first-order chi connectivity index (χ1) is 11.2. The number of ether oxygens (including phenoxy) is 2. The number of nitrogens with zero attached hydrogens (tertiary/aromatic N) is 2. The third kappa shape index (κ3) is 3.27. The van der Waals surface area contributed by atoms with Crippen LogP contribution in [0.3, 0.4) is 0 Å². The monoisotopic (exact) mass is 327 g/mol. The highest BCUT2D eigenvalue weighted by atomic mass is 32.1. The van der Waals surface area contributed by atoms with Gasteiger partial charge in [0.15, 0.2) is 0 Å². The smallest absolute Gasteiger partial charge is 0.203 e. The van der Waals surface area contributed by atoms with E-state index in [1.54, 1.807) is 20.4 Å². The van der Waals surface area contributed by atoms with Crippen molar-refractivity contribution in [3.8, 4) is 11.5 Å². The molecule has 0 amide bonds. The molecule has 1 aromatic heterocycles. The van der Waals surface area contributed by atoms with Crippen LogP contribution >= 0.6 is 11.3 Å². The molecular formula is C17H17N3O2S. The summed E-state index contributed by atoms with van der Waals surface area (Å²) in [5.41, 5.74) is 4.79. The summed E-state index contributed by atoms with van der Waals surface area (Å²) in [5, 5.41) is 9.06. The molecule has 0 atom stereocenters. The van der Waals surface area contributed by atoms with Gasteiger partial charge in [-0.15, -0.1) is 11.3 Å². The predicted molar refractivity (Wildman–Crippen MR) is 95.1 cm³/mol. The highest BCUT2D eigenvalue weighted by Gasteiger charge is 2.07. The Hall–Kier alpha value is -2.60. The molecule has 0 aliphatic carbocycles. The van der Waals surface area contributed by atoms with Gasteiger partial charge in [0, 0.05) is 16.3 Å². The van der Waals surface area contributed by atoms with Crippen LogP contribution < -0.4 is 14.9 Å². The standard InChI is InChI=1S/C17H17N3O2S/c1-11-10-23-17(19-11)20-18-9-13-7-12-5-4-6-15(21-2)14(12)8-16(13)22-3/h4-10H,1-3H3,(H,19,20). The molecule has 6 heteroatoms. The van der Waals surface area contributed by atoms with E-state index in [0.29, 0.717) is 0 Å². The number of fused-ring (bicyclic) bond motifs is 1. The van der Waals surface area contributed by atoms with Crippen LogP contribution in [-0.2, 0) is 0 Å². The summed E-state index contributed by atoms with van der Waals surface area (Å²) in [5.74, 6) is 1.56. The molecule has 0 bridgehead atoms. The van der Waals surface area contributed by atoms with Gasteiger partial charge in [-0.25, -0.2) is 4.98 Å². The molecule has 23 heavy (non-hydrogen) atoms. The minimum atomic E-state index is 0.739. The Labute approximate surface area is 138 Å². The maximum atomic E-state index is 5.47. The first-order valence-electron chi connectivity index (χ1n) is 7.07. The van der Waals surface area contributed by atoms with Crippen molar-refractivity contribution in [2.24, 2.45) is 5.10 Å². The van der Waals surface area contributed by atoms with E-state index in [4.69, 9.17) is 9.47 Å². The average Bonchev–Trinajstić information content (AvgIpc) is 2.98. The maximum absolute atomic E-state index is 5.47. The molecule has 0 radical (unpaired) electrons. The van der Waals surface area contributed by atoms with Crippen LogP contribution in [0.25, 0.3) is 10.8 Å². The zero-order valence-corrected chi connectivity index (χ0v) is 14.0. The van der Waals surface area contributed by atoms with E-state index in [9.17, 15) is 0 Å². The Balaban J connectivity index is 1.93. The van der Waals surface area contributed by atoms with Gasteiger partial charge in [-0.3, -0.25) is 5.43 Å². The minimum Gasteiger partial charge on any atom is -0.496 e. The summed E-state index contributed by atoms with van der Waals surface area (Å²) in [6.07, 6.45) is 1.73. The van der Waals surface area contributed by atoms with Crippen molar-refractivity contribution in [1.82, 2.24) is 4.98 Å². The summed E-state index contributed by atoms with van der Waals surface area (Å²) in [4.78, 5) is 4.30. The lowest BCUT2D eigenvalue weighted by Crippen LogP contribution is -1.95. The van der Waals surface area contributed by atoms with E-state index in [0.717, 1.165) is 38.7 Å². The van der Waals surface area contributed by atoms with Gasteiger partial charge in [0.2, 0.25) is 5.13 Å². The Bertz CT molecular complexity index is 858. The van der Waals surface area contributed by atoms with E-state index < -0.39 is 0 Å². The quantitative estimate of drug-likeness (QED) is 0.567. The van der Waals surface area contributed by atoms with Crippen molar-refractivity contribution < 1.29 is 9.47 Å². The molecule has 2 aromatic carbocycles. The number of methoxy groups -OCH3 is 2. The van der Waals surface area contributed by atoms with Crippen LogP contribution in [0.4, 0.5) is 5.13 Å². The summed E-state index contributed by atoms with van der Waals surface area (Å²) < 4.78 is 10.9. The maximum Gasteiger partial charge on any atom is 0.203 e. The number of aryl methyl sites for hydroxylation is 1. The number of hydrogen-bond donors (Lipinski definition) is 1. The second kappa shape index (κ2) is 6.66. The van der Waals surface area contributed by atoms with Crippen LogP contribution in [-0.4, -0.2) is 25.4 Å². The van der Waals surface area contributed by atoms with Crippen LogP contribution in [0.2, 0.25) is 0 Å². The Kier molecular flexibility index (Phi) is 4.43. The van der Waals surface area contributed by atoms with E-state index in [-0.39, 0.29) is 0 Å². The molecule has 1 heterocycles. The molecular weight excluding hydrogens is 310 g/mol. The summed E-state index contributed by atoms with van der Waals surface area (Å²) in [7, 11) is 3.31. The van der Waals surface area contributed by atoms with Crippen molar-refractivity contribution in [1.29, 1.82) is 0 Å². The summed E-state index contributed by atoms with van der Waals surface area (Å²) in [6, 6.07) is 9.91. The first-order valence-corrected chi connectivity index (χ1v) is 7.95. The molecule has 0 aliphatic heterocycles. The third-order valence-electron chi connectivity index (χ3n) is 3.39. The normalized spacial score (nSPS) is 11.1. The molecule has 0 spiro atoms. The van der Waals surface area contributed by atoms with Gasteiger partial charge in [-0.1, -0.05) is 12.1 Å². The summed E-state index contributed by atoms with van der Waals surface area (Å²) >= 11 is 1.52. The molecule has 5 nitrogen and oxygen atoms in total. The zero-order chi connectivity index (χ0) is 16.2. The minimum absolute atomic E-state index is 0.739. The van der Waals surface area contributed by atoms with Crippen LogP contribution in [0.1, 0.15) is 11.3 Å². The van der Waals surface area contributed by atoms with Crippen LogP contribution in [0, 0.1) is 6.92 Å². The van der Waals surface area contributed by atoms with Crippen molar-refractivity contribution in [3.05, 3.63) is 47.0 Å². The van der Waals surface area contributed by atoms with Crippen molar-refractivity contribution in [2.45, 2.75) is 6.92 Å². The van der Waals surface area contributed by atoms with Crippen LogP contribution in [0.5, 0.6) is 11.5 Å². The van der Waals surface area contributed by atoms with E-state index in [1.165, 1.54) is 11.3 Å². The lowest BCUT2D eigenvalue weighted by molar-refractivity contribution is 0.411. The van der Waals surface area contributed by atoms with Gasteiger partial charge in [0.25, 0.3) is 0 Å². The highest BCUT2D eigenvalue weighted by Crippen LogP contribution is 2.31. The number of hydrazone groups is 1. The molecule has 0 fully saturated rings. The first kappa shape index (κ1) is 15.3. The van der Waals surface area contributed by atoms with Gasteiger partial charge in [0.05, 0.1) is 26.1 Å². The summed E-state index contributed by atoms with van der Waals surface area (Å²) in [6.45, 7) is 1.95. The second-order valence-corrected chi connectivity index (χ2v) is 5.80. The fraction of sp³-hybridized carbons (Fsp3) is 0.176. The van der Waals surface area contributed by atoms with Gasteiger partial charge in [-0.05, 0) is 30.5 Å². The second-order valence-electron chi connectivity index (χ2n) is 4.94. The van der Waals surface area contributed by atoms with Gasteiger partial charge in [-0.2, -0.15) is 5.10 Å². The fourth-order valence-electron chi connectivity index (χ4n) is 2.31. The number of nitrogens with one attached hydrogen (secondary N) is 1. The lowest BCUT2D eigenvalue weighted by Gasteiger charge is -2.10. The number of anilines is 1. The molecule has 3 aromatic rings. The number of aromatic nitrogens is 1. The number of thiazole rings is 1. The zero-order valence-electron chi connectivity index (χ0n) is 13.2. The molecule has 0 saturated carbocycles. The number of benzene rings is 2. The predicted octanol–water partition coefficient (Wildman–Crippen LogP) is 4.07. The van der Waals surface area contributed by atoms with Gasteiger partial charge in [0.1, 0.15) is 11.5 Å². The lowest BCUT2D eigenvalue weighted by atomic mass is 10.1. The molecule has 1 N–H and O–H groups in total. The molecule has 0 aliphatic rings. The Morgan fingerprint density at radius 3 is 2.70 bits per heavy atom. The third-order valence-corrected chi connectivity index (χ3v) is 4.26. The van der Waals surface area contributed by atoms with E-state index in [1.807, 2.05) is 42.6 Å². The Morgan fingerprint density at radius 2 is 2.00 bits per heavy atom. The molecule has 0 saturated heterocycles. The van der Waals surface area contributed by atoms with E-state index >= 15 is 0 Å². The van der Waals surface area contributed by atoms with Crippen molar-refractivity contribution in [3.63, 3.8) is 0 Å². The van der Waals surface area contributed by atoms with Crippen LogP contribution in [0.15, 0.2) is 40.8 Å². The number of rotatable bonds is 5. The fourth-order valence-corrected chi connectivity index (χ4v) is 2.95. The highest BCUT2D eigenvalue weighted by molar-refractivity contribution is 7.13.